The Labute approximate surface area is 100 Å². The number of carbonyl (C=O) groups is 1. The molecule has 4 heteroatoms. The molecule has 2 aliphatic rings. The Kier molecular flexibility index (Phi) is 2.33. The van der Waals surface area contributed by atoms with Crippen molar-refractivity contribution in [3.05, 3.63) is 29.8 Å². The monoisotopic (exact) mass is 232 g/mol. The summed E-state index contributed by atoms with van der Waals surface area (Å²) >= 11 is 0. The highest BCUT2D eigenvalue weighted by Crippen LogP contribution is 2.41. The Hall–Kier alpha value is -1.55. The molecule has 1 aromatic rings. The predicted octanol–water partition coefficient (Wildman–Crippen LogP) is 1.07. The van der Waals surface area contributed by atoms with E-state index in [0.717, 1.165) is 18.4 Å². The molecule has 1 saturated carbocycles. The van der Waals surface area contributed by atoms with Gasteiger partial charge in [-0.2, -0.15) is 0 Å². The highest BCUT2D eigenvalue weighted by Gasteiger charge is 2.46. The largest absolute Gasteiger partial charge is 0.399 e. The van der Waals surface area contributed by atoms with Gasteiger partial charge in [0.25, 0.3) is 0 Å². The molecule has 90 valence electrons. The minimum atomic E-state index is -0.607. The summed E-state index contributed by atoms with van der Waals surface area (Å²) in [6.07, 6.45) is 1.73. The van der Waals surface area contributed by atoms with Crippen LogP contribution in [0.1, 0.15) is 30.9 Å². The predicted molar refractivity (Wildman–Crippen MR) is 64.1 cm³/mol. The molecule has 4 nitrogen and oxygen atoms in total. The van der Waals surface area contributed by atoms with Crippen LogP contribution in [0.15, 0.2) is 24.3 Å². The molecule has 0 aromatic heterocycles. The zero-order valence-corrected chi connectivity index (χ0v) is 9.54. The number of hydrogen-bond acceptors (Lipinski definition) is 3. The number of benzene rings is 1. The Morgan fingerprint density at radius 1 is 1.35 bits per heavy atom. The van der Waals surface area contributed by atoms with Gasteiger partial charge in [-0.3, -0.25) is 4.79 Å². The van der Waals surface area contributed by atoms with E-state index in [-0.39, 0.29) is 18.4 Å². The normalized spacial score (nSPS) is 28.8. The number of anilines is 1. The maximum atomic E-state index is 11.9. The second kappa shape index (κ2) is 3.74. The molecule has 2 atom stereocenters. The first-order valence-corrected chi connectivity index (χ1v) is 6.01. The van der Waals surface area contributed by atoms with Crippen LogP contribution in [-0.4, -0.2) is 28.1 Å². The smallest absolute Gasteiger partial charge is 0.226 e. The zero-order chi connectivity index (χ0) is 12.0. The molecule has 1 aromatic carbocycles. The molecule has 0 radical (unpaired) electrons. The third kappa shape index (κ3) is 1.78. The molecule has 3 N–H and O–H groups in total. The maximum absolute atomic E-state index is 11.9. The van der Waals surface area contributed by atoms with Crippen molar-refractivity contribution in [2.45, 2.75) is 37.5 Å². The number of amides is 1. The minimum absolute atomic E-state index is 0.0624. The molecular formula is C13H16N2O2. The lowest BCUT2D eigenvalue weighted by atomic mass is 10.0. The third-order valence-electron chi connectivity index (χ3n) is 3.53. The molecule has 3 rings (SSSR count). The van der Waals surface area contributed by atoms with E-state index in [9.17, 15) is 9.90 Å². The van der Waals surface area contributed by atoms with E-state index in [4.69, 9.17) is 5.73 Å². The summed E-state index contributed by atoms with van der Waals surface area (Å²) in [7, 11) is 0. The Balaban J connectivity index is 1.96. The number of hydrogen-bond donors (Lipinski definition) is 2. The molecule has 1 saturated heterocycles. The first kappa shape index (κ1) is 10.6. The van der Waals surface area contributed by atoms with Crippen LogP contribution in [0, 0.1) is 0 Å². The van der Waals surface area contributed by atoms with Crippen LogP contribution in [0.3, 0.4) is 0 Å². The fourth-order valence-electron chi connectivity index (χ4n) is 2.65. The van der Waals surface area contributed by atoms with Gasteiger partial charge in [-0.15, -0.1) is 0 Å². The van der Waals surface area contributed by atoms with Gasteiger partial charge in [0.1, 0.15) is 0 Å². The molecule has 1 heterocycles. The van der Waals surface area contributed by atoms with Gasteiger partial charge in [0, 0.05) is 11.7 Å². The molecule has 17 heavy (non-hydrogen) atoms. The van der Waals surface area contributed by atoms with E-state index in [1.807, 2.05) is 29.2 Å². The van der Waals surface area contributed by atoms with E-state index in [1.165, 1.54) is 0 Å². The van der Waals surface area contributed by atoms with Crippen LogP contribution in [0.25, 0.3) is 0 Å². The average Bonchev–Trinajstić information content (AvgIpc) is 3.04. The minimum Gasteiger partial charge on any atom is -0.399 e. The molecule has 1 aliphatic carbocycles. The first-order chi connectivity index (χ1) is 8.16. The van der Waals surface area contributed by atoms with E-state index in [0.29, 0.717) is 11.7 Å². The SMILES string of the molecule is Nc1cccc(C2C(O)CC(=O)N2C2CC2)c1. The van der Waals surface area contributed by atoms with Gasteiger partial charge in [0.2, 0.25) is 5.91 Å². The van der Waals surface area contributed by atoms with Crippen molar-refractivity contribution in [2.75, 3.05) is 5.73 Å². The summed E-state index contributed by atoms with van der Waals surface area (Å²) in [5.74, 6) is 0.0624. The fraction of sp³-hybridized carbons (Fsp3) is 0.462. The first-order valence-electron chi connectivity index (χ1n) is 6.01. The van der Waals surface area contributed by atoms with Crippen LogP contribution in [0.2, 0.25) is 0 Å². The van der Waals surface area contributed by atoms with Crippen molar-refractivity contribution in [3.63, 3.8) is 0 Å². The number of aliphatic hydroxyl groups is 1. The summed E-state index contributed by atoms with van der Waals surface area (Å²) in [5.41, 5.74) is 7.37. The van der Waals surface area contributed by atoms with Gasteiger partial charge in [-0.1, -0.05) is 12.1 Å². The number of nitrogens with zero attached hydrogens (tertiary/aromatic N) is 1. The number of nitrogens with two attached hydrogens (primary N) is 1. The van der Waals surface area contributed by atoms with Crippen LogP contribution in [-0.2, 0) is 4.79 Å². The van der Waals surface area contributed by atoms with Crippen LogP contribution in [0.4, 0.5) is 5.69 Å². The highest BCUT2D eigenvalue weighted by atomic mass is 16.3. The fourth-order valence-corrected chi connectivity index (χ4v) is 2.65. The summed E-state index contributed by atoms with van der Waals surface area (Å²) in [6, 6.07) is 7.57. The van der Waals surface area contributed by atoms with Gasteiger partial charge in [-0.25, -0.2) is 0 Å². The summed E-state index contributed by atoms with van der Waals surface area (Å²) in [5, 5.41) is 10.0. The molecular weight excluding hydrogens is 216 g/mol. The lowest BCUT2D eigenvalue weighted by molar-refractivity contribution is -0.129. The molecule has 0 spiro atoms. The maximum Gasteiger partial charge on any atom is 0.226 e. The topological polar surface area (TPSA) is 66.6 Å². The molecule has 1 amide bonds. The third-order valence-corrected chi connectivity index (χ3v) is 3.53. The molecule has 0 bridgehead atoms. The lowest BCUT2D eigenvalue weighted by Crippen LogP contribution is -2.32. The van der Waals surface area contributed by atoms with E-state index < -0.39 is 6.10 Å². The van der Waals surface area contributed by atoms with Crippen molar-refractivity contribution >= 4 is 11.6 Å². The summed E-state index contributed by atoms with van der Waals surface area (Å²) in [4.78, 5) is 13.7. The number of nitrogen functional groups attached to an aromatic ring is 1. The number of rotatable bonds is 2. The van der Waals surface area contributed by atoms with Gasteiger partial charge in [0.15, 0.2) is 0 Å². The van der Waals surface area contributed by atoms with Crippen molar-refractivity contribution in [1.82, 2.24) is 4.90 Å². The van der Waals surface area contributed by atoms with E-state index >= 15 is 0 Å². The van der Waals surface area contributed by atoms with Crippen LogP contribution in [0.5, 0.6) is 0 Å². The van der Waals surface area contributed by atoms with Gasteiger partial charge in [-0.05, 0) is 30.5 Å². The van der Waals surface area contributed by atoms with Crippen molar-refractivity contribution in [2.24, 2.45) is 0 Å². The molecule has 2 unspecified atom stereocenters. The molecule has 2 fully saturated rings. The Bertz CT molecular complexity index is 456. The van der Waals surface area contributed by atoms with E-state index in [2.05, 4.69) is 0 Å². The number of likely N-dealkylation sites (tertiary alicyclic amines) is 1. The highest BCUT2D eigenvalue weighted by molar-refractivity contribution is 5.81. The Morgan fingerprint density at radius 2 is 2.12 bits per heavy atom. The summed E-state index contributed by atoms with van der Waals surface area (Å²) in [6.45, 7) is 0. The van der Waals surface area contributed by atoms with Crippen LogP contribution >= 0.6 is 0 Å². The lowest BCUT2D eigenvalue weighted by Gasteiger charge is -2.26. The second-order valence-electron chi connectivity index (χ2n) is 4.92. The van der Waals surface area contributed by atoms with Gasteiger partial charge < -0.3 is 15.7 Å². The molecule has 1 aliphatic heterocycles. The Morgan fingerprint density at radius 3 is 2.76 bits per heavy atom. The van der Waals surface area contributed by atoms with Crippen molar-refractivity contribution in [1.29, 1.82) is 0 Å². The summed E-state index contributed by atoms with van der Waals surface area (Å²) < 4.78 is 0. The van der Waals surface area contributed by atoms with E-state index in [1.54, 1.807) is 0 Å². The van der Waals surface area contributed by atoms with Crippen LogP contribution < -0.4 is 5.73 Å². The van der Waals surface area contributed by atoms with Gasteiger partial charge in [0.05, 0.1) is 18.6 Å². The zero-order valence-electron chi connectivity index (χ0n) is 9.54. The second-order valence-corrected chi connectivity index (χ2v) is 4.92. The average molecular weight is 232 g/mol. The quantitative estimate of drug-likeness (QED) is 0.749. The van der Waals surface area contributed by atoms with Crippen molar-refractivity contribution < 1.29 is 9.90 Å². The van der Waals surface area contributed by atoms with Gasteiger partial charge >= 0.3 is 0 Å². The number of aliphatic hydroxyl groups excluding tert-OH is 1. The number of carbonyl (C=O) groups excluding carboxylic acids is 1. The van der Waals surface area contributed by atoms with Crippen molar-refractivity contribution in [3.8, 4) is 0 Å². The standard InChI is InChI=1S/C13H16N2O2/c14-9-3-1-2-8(6-9)13-11(16)7-12(17)15(13)10-4-5-10/h1-3,6,10-11,13,16H,4-5,7,14H2.